The van der Waals surface area contributed by atoms with Crippen molar-refractivity contribution in [3.05, 3.63) is 64.5 Å². The lowest BCUT2D eigenvalue weighted by Gasteiger charge is -2.08. The molecule has 0 saturated carbocycles. The van der Waals surface area contributed by atoms with Gasteiger partial charge in [-0.15, -0.1) is 0 Å². The molecule has 0 unspecified atom stereocenters. The second-order valence-corrected chi connectivity index (χ2v) is 3.97. The third-order valence-corrected chi connectivity index (χ3v) is 2.49. The highest BCUT2D eigenvalue weighted by atomic mass is 16.5. The Morgan fingerprint density at radius 1 is 1.16 bits per heavy atom. The first-order valence-electron chi connectivity index (χ1n) is 5.88. The molecule has 19 heavy (non-hydrogen) atoms. The van der Waals surface area contributed by atoms with Gasteiger partial charge in [-0.05, 0) is 42.4 Å². The van der Waals surface area contributed by atoms with Gasteiger partial charge < -0.3 is 10.1 Å². The number of benzene rings is 2. The molecule has 0 atom stereocenters. The van der Waals surface area contributed by atoms with Crippen LogP contribution >= 0.6 is 0 Å². The minimum absolute atomic E-state index is 0.534. The fourth-order valence-corrected chi connectivity index (χ4v) is 1.72. The minimum atomic E-state index is 0.534. The maximum absolute atomic E-state index is 8.41. The highest BCUT2D eigenvalue weighted by molar-refractivity contribution is 5.44. The summed E-state index contributed by atoms with van der Waals surface area (Å²) < 4.78 is 5.74. The van der Waals surface area contributed by atoms with Gasteiger partial charge in [0.25, 0.3) is 0 Å². The van der Waals surface area contributed by atoms with E-state index in [9.17, 15) is 0 Å². The highest BCUT2D eigenvalue weighted by Crippen LogP contribution is 2.26. The van der Waals surface area contributed by atoms with Crippen LogP contribution in [0.2, 0.25) is 0 Å². The Balaban J connectivity index is 2.18. The number of azide groups is 1. The zero-order valence-electron chi connectivity index (χ0n) is 10.6. The lowest BCUT2D eigenvalue weighted by atomic mass is 10.2. The summed E-state index contributed by atoms with van der Waals surface area (Å²) in [5, 5.41) is 6.64. The summed E-state index contributed by atoms with van der Waals surface area (Å²) in [6, 6.07) is 14.9. The number of rotatable bonds is 5. The van der Waals surface area contributed by atoms with E-state index < -0.39 is 0 Å². The molecule has 0 amide bonds. The van der Waals surface area contributed by atoms with Crippen molar-refractivity contribution in [2.75, 3.05) is 7.05 Å². The molecule has 2 aromatic rings. The van der Waals surface area contributed by atoms with E-state index >= 15 is 0 Å². The van der Waals surface area contributed by atoms with Crippen molar-refractivity contribution >= 4 is 5.69 Å². The van der Waals surface area contributed by atoms with Crippen LogP contribution in [0, 0.1) is 0 Å². The fraction of sp³-hybridized carbons (Fsp3) is 0.143. The lowest BCUT2D eigenvalue weighted by Crippen LogP contribution is -2.04. The molecule has 0 fully saturated rings. The van der Waals surface area contributed by atoms with Crippen LogP contribution in [0.5, 0.6) is 11.5 Å². The Bertz CT molecular complexity index is 606. The monoisotopic (exact) mass is 254 g/mol. The van der Waals surface area contributed by atoms with Gasteiger partial charge in [-0.1, -0.05) is 29.4 Å². The first-order valence-corrected chi connectivity index (χ1v) is 5.88. The number of hydrogen-bond acceptors (Lipinski definition) is 3. The van der Waals surface area contributed by atoms with Gasteiger partial charge in [0, 0.05) is 17.1 Å². The van der Waals surface area contributed by atoms with E-state index in [1.807, 2.05) is 37.4 Å². The van der Waals surface area contributed by atoms with Gasteiger partial charge in [0.05, 0.1) is 0 Å². The molecular weight excluding hydrogens is 240 g/mol. The van der Waals surface area contributed by atoms with Gasteiger partial charge in [-0.25, -0.2) is 0 Å². The van der Waals surface area contributed by atoms with Crippen molar-refractivity contribution in [2.24, 2.45) is 5.11 Å². The smallest absolute Gasteiger partial charge is 0.127 e. The van der Waals surface area contributed by atoms with Gasteiger partial charge in [0.2, 0.25) is 0 Å². The molecule has 96 valence electrons. The van der Waals surface area contributed by atoms with Crippen molar-refractivity contribution < 1.29 is 4.74 Å². The summed E-state index contributed by atoms with van der Waals surface area (Å²) in [6.45, 7) is 0.788. The molecule has 2 aromatic carbocycles. The van der Waals surface area contributed by atoms with Crippen LogP contribution in [0.25, 0.3) is 10.4 Å². The first-order chi connectivity index (χ1) is 9.31. The maximum atomic E-state index is 8.41. The zero-order valence-corrected chi connectivity index (χ0v) is 10.6. The third-order valence-electron chi connectivity index (χ3n) is 2.49. The summed E-state index contributed by atoms with van der Waals surface area (Å²) >= 11 is 0. The normalized spacial score (nSPS) is 9.74. The van der Waals surface area contributed by atoms with Crippen LogP contribution in [-0.4, -0.2) is 7.05 Å². The van der Waals surface area contributed by atoms with Crippen LogP contribution in [0.3, 0.4) is 0 Å². The average molecular weight is 254 g/mol. The van der Waals surface area contributed by atoms with Gasteiger partial charge in [0.1, 0.15) is 11.5 Å². The van der Waals surface area contributed by atoms with E-state index in [1.54, 1.807) is 18.2 Å². The quantitative estimate of drug-likeness (QED) is 0.495. The molecule has 0 aliphatic heterocycles. The molecule has 0 aliphatic rings. The predicted octanol–water partition coefficient (Wildman–Crippen LogP) is 4.14. The second-order valence-electron chi connectivity index (χ2n) is 3.97. The molecule has 5 heteroatoms. The SMILES string of the molecule is CNCc1cccc(Oc2cccc(N=[N+]=[N-])c2)c1. The van der Waals surface area contributed by atoms with E-state index in [-0.39, 0.29) is 0 Å². The summed E-state index contributed by atoms with van der Waals surface area (Å²) in [5.41, 5.74) is 10.1. The van der Waals surface area contributed by atoms with Crippen LogP contribution in [0.4, 0.5) is 5.69 Å². The van der Waals surface area contributed by atoms with Gasteiger partial charge in [0.15, 0.2) is 0 Å². The Morgan fingerprint density at radius 2 is 1.89 bits per heavy atom. The number of nitrogens with zero attached hydrogens (tertiary/aromatic N) is 3. The van der Waals surface area contributed by atoms with Crippen molar-refractivity contribution in [1.29, 1.82) is 0 Å². The summed E-state index contributed by atoms with van der Waals surface area (Å²) in [7, 11) is 1.90. The molecule has 0 saturated heterocycles. The molecule has 0 aliphatic carbocycles. The molecule has 0 spiro atoms. The van der Waals surface area contributed by atoms with E-state index in [0.29, 0.717) is 11.4 Å². The second kappa shape index (κ2) is 6.44. The number of nitrogens with one attached hydrogen (secondary N) is 1. The van der Waals surface area contributed by atoms with Crippen LogP contribution in [0.1, 0.15) is 5.56 Å². The largest absolute Gasteiger partial charge is 0.457 e. The number of hydrogen-bond donors (Lipinski definition) is 1. The third kappa shape index (κ3) is 3.74. The van der Waals surface area contributed by atoms with Crippen molar-refractivity contribution in [2.45, 2.75) is 6.54 Å². The van der Waals surface area contributed by atoms with Crippen molar-refractivity contribution in [1.82, 2.24) is 5.32 Å². The molecule has 0 heterocycles. The van der Waals surface area contributed by atoms with Crippen molar-refractivity contribution in [3.63, 3.8) is 0 Å². The summed E-state index contributed by atoms with van der Waals surface area (Å²) in [6.07, 6.45) is 0. The molecule has 2 rings (SSSR count). The van der Waals surface area contributed by atoms with Gasteiger partial charge >= 0.3 is 0 Å². The Kier molecular flexibility index (Phi) is 4.39. The lowest BCUT2D eigenvalue weighted by molar-refractivity contribution is 0.482. The molecule has 0 bridgehead atoms. The maximum Gasteiger partial charge on any atom is 0.127 e. The minimum Gasteiger partial charge on any atom is -0.457 e. The molecule has 5 nitrogen and oxygen atoms in total. The van der Waals surface area contributed by atoms with Crippen LogP contribution in [-0.2, 0) is 6.54 Å². The van der Waals surface area contributed by atoms with Crippen LogP contribution < -0.4 is 10.1 Å². The van der Waals surface area contributed by atoms with Gasteiger partial charge in [-0.2, -0.15) is 0 Å². The van der Waals surface area contributed by atoms with Gasteiger partial charge in [-0.3, -0.25) is 0 Å². The summed E-state index contributed by atoms with van der Waals surface area (Å²) in [4.78, 5) is 2.75. The fourth-order valence-electron chi connectivity index (χ4n) is 1.72. The molecule has 1 N–H and O–H groups in total. The predicted molar refractivity (Wildman–Crippen MR) is 74.5 cm³/mol. The Hall–Kier alpha value is -2.49. The molecular formula is C14H14N4O. The zero-order chi connectivity index (χ0) is 13.5. The van der Waals surface area contributed by atoms with E-state index in [1.165, 1.54) is 0 Å². The molecule has 0 aromatic heterocycles. The number of ether oxygens (including phenoxy) is 1. The van der Waals surface area contributed by atoms with E-state index in [4.69, 9.17) is 10.3 Å². The molecule has 0 radical (unpaired) electrons. The average Bonchev–Trinajstić information content (AvgIpc) is 2.40. The van der Waals surface area contributed by atoms with E-state index in [0.717, 1.165) is 17.9 Å². The first kappa shape index (κ1) is 13.0. The summed E-state index contributed by atoms with van der Waals surface area (Å²) in [5.74, 6) is 1.40. The Morgan fingerprint density at radius 3 is 2.63 bits per heavy atom. The topological polar surface area (TPSA) is 70.0 Å². The van der Waals surface area contributed by atoms with Crippen molar-refractivity contribution in [3.8, 4) is 11.5 Å². The Labute approximate surface area is 111 Å². The van der Waals surface area contributed by atoms with Crippen LogP contribution in [0.15, 0.2) is 53.6 Å². The highest BCUT2D eigenvalue weighted by Gasteiger charge is 1.99. The standard InChI is InChI=1S/C14H14N4O/c1-16-10-11-4-2-6-13(8-11)19-14-7-3-5-12(9-14)17-18-15/h2-9,16H,10H2,1H3. The van der Waals surface area contributed by atoms with E-state index in [2.05, 4.69) is 15.3 Å².